The summed E-state index contributed by atoms with van der Waals surface area (Å²) in [5.74, 6) is -1.76. The molecule has 3 heterocycles. The number of hydrogen-bond acceptors (Lipinski definition) is 4. The van der Waals surface area contributed by atoms with Gasteiger partial charge in [0.15, 0.2) is 0 Å². The van der Waals surface area contributed by atoms with Crippen LogP contribution >= 0.6 is 0 Å². The van der Waals surface area contributed by atoms with Crippen LogP contribution in [0.5, 0.6) is 0 Å². The molecule has 1 aliphatic heterocycles. The molecule has 0 saturated carbocycles. The standard InChI is InChI=1S/C17H16N4O4/c22-15-11-5-1-2-6-13(11)21-14(19-15)12(8-18-21)16(23)20-7-3-4-10(9-20)17(24)25/h1-2,5-6,8,10H,3-4,7,9H2,(H,19,22)(H,24,25)/t10-/m0/s1. The highest BCUT2D eigenvalue weighted by Crippen LogP contribution is 2.21. The van der Waals surface area contributed by atoms with Crippen LogP contribution < -0.4 is 5.56 Å². The second-order valence-corrected chi connectivity index (χ2v) is 6.22. The lowest BCUT2D eigenvalue weighted by Gasteiger charge is -2.30. The van der Waals surface area contributed by atoms with Crippen molar-refractivity contribution in [3.63, 3.8) is 0 Å². The summed E-state index contributed by atoms with van der Waals surface area (Å²) in [6.45, 7) is 0.668. The second kappa shape index (κ2) is 5.73. The Balaban J connectivity index is 1.78. The van der Waals surface area contributed by atoms with Crippen LogP contribution in [0, 0.1) is 5.92 Å². The number of likely N-dealkylation sites (tertiary alicyclic amines) is 1. The Hall–Kier alpha value is -3.16. The molecule has 4 rings (SSSR count). The Morgan fingerprint density at radius 3 is 2.88 bits per heavy atom. The molecule has 25 heavy (non-hydrogen) atoms. The van der Waals surface area contributed by atoms with Gasteiger partial charge in [0.25, 0.3) is 11.5 Å². The molecule has 8 heteroatoms. The first-order valence-corrected chi connectivity index (χ1v) is 8.07. The van der Waals surface area contributed by atoms with E-state index in [-0.39, 0.29) is 23.6 Å². The van der Waals surface area contributed by atoms with Gasteiger partial charge in [-0.2, -0.15) is 5.10 Å². The van der Waals surface area contributed by atoms with Crippen molar-refractivity contribution >= 4 is 28.4 Å². The van der Waals surface area contributed by atoms with Crippen molar-refractivity contribution in [2.24, 2.45) is 5.92 Å². The first-order chi connectivity index (χ1) is 12.1. The topological polar surface area (TPSA) is 108 Å². The van der Waals surface area contributed by atoms with Crippen LogP contribution in [0.4, 0.5) is 0 Å². The van der Waals surface area contributed by atoms with Gasteiger partial charge in [-0.15, -0.1) is 0 Å². The Morgan fingerprint density at radius 1 is 1.28 bits per heavy atom. The number of fused-ring (bicyclic) bond motifs is 3. The molecule has 0 spiro atoms. The van der Waals surface area contributed by atoms with Gasteiger partial charge in [0.05, 0.1) is 23.0 Å². The third-order valence-electron chi connectivity index (χ3n) is 4.67. The minimum Gasteiger partial charge on any atom is -0.481 e. The van der Waals surface area contributed by atoms with Gasteiger partial charge < -0.3 is 15.0 Å². The molecular weight excluding hydrogens is 324 g/mol. The van der Waals surface area contributed by atoms with E-state index < -0.39 is 11.9 Å². The number of H-pyrrole nitrogens is 1. The van der Waals surface area contributed by atoms with Gasteiger partial charge in [0.2, 0.25) is 0 Å². The van der Waals surface area contributed by atoms with Crippen molar-refractivity contribution in [2.45, 2.75) is 12.8 Å². The zero-order valence-electron chi connectivity index (χ0n) is 13.3. The molecule has 0 unspecified atom stereocenters. The molecule has 2 aromatic heterocycles. The smallest absolute Gasteiger partial charge is 0.308 e. The number of amides is 1. The molecule has 0 bridgehead atoms. The van der Waals surface area contributed by atoms with E-state index in [1.54, 1.807) is 24.3 Å². The number of rotatable bonds is 2. The van der Waals surface area contributed by atoms with E-state index in [9.17, 15) is 19.5 Å². The van der Waals surface area contributed by atoms with Crippen molar-refractivity contribution in [1.82, 2.24) is 19.5 Å². The number of aromatic amines is 1. The molecule has 1 aromatic carbocycles. The molecule has 1 fully saturated rings. The van der Waals surface area contributed by atoms with Crippen LogP contribution in [0.2, 0.25) is 0 Å². The minimum atomic E-state index is -0.892. The lowest BCUT2D eigenvalue weighted by Crippen LogP contribution is -2.42. The number of nitrogens with one attached hydrogen (secondary N) is 1. The lowest BCUT2D eigenvalue weighted by atomic mass is 9.98. The van der Waals surface area contributed by atoms with Crippen LogP contribution in [-0.4, -0.2) is 49.6 Å². The fraction of sp³-hybridized carbons (Fsp3) is 0.294. The van der Waals surface area contributed by atoms with Gasteiger partial charge in [-0.05, 0) is 25.0 Å². The average molecular weight is 340 g/mol. The third-order valence-corrected chi connectivity index (χ3v) is 4.67. The van der Waals surface area contributed by atoms with E-state index in [0.717, 1.165) is 0 Å². The molecule has 1 aliphatic rings. The Kier molecular flexibility index (Phi) is 3.52. The van der Waals surface area contributed by atoms with Crippen LogP contribution in [-0.2, 0) is 4.79 Å². The number of nitrogens with zero attached hydrogens (tertiary/aromatic N) is 3. The number of para-hydroxylation sites is 1. The highest BCUT2D eigenvalue weighted by molar-refractivity contribution is 6.00. The number of carboxylic acid groups (broad SMARTS) is 1. The first kappa shape index (κ1) is 15.4. The van der Waals surface area contributed by atoms with Crippen molar-refractivity contribution in [3.8, 4) is 0 Å². The highest BCUT2D eigenvalue weighted by atomic mass is 16.4. The number of carbonyl (C=O) groups excluding carboxylic acids is 1. The molecule has 2 N–H and O–H groups in total. The Labute approximate surface area is 141 Å². The molecule has 8 nitrogen and oxygen atoms in total. The molecule has 128 valence electrons. The maximum absolute atomic E-state index is 12.8. The monoisotopic (exact) mass is 340 g/mol. The molecule has 3 aromatic rings. The van der Waals surface area contributed by atoms with Crippen molar-refractivity contribution < 1.29 is 14.7 Å². The van der Waals surface area contributed by atoms with Crippen LogP contribution in [0.1, 0.15) is 23.2 Å². The molecule has 0 aliphatic carbocycles. The molecule has 0 radical (unpaired) electrons. The number of aliphatic carboxylic acids is 1. The van der Waals surface area contributed by atoms with Gasteiger partial charge in [-0.25, -0.2) is 4.52 Å². The second-order valence-electron chi connectivity index (χ2n) is 6.22. The summed E-state index contributed by atoms with van der Waals surface area (Å²) in [4.78, 5) is 40.6. The van der Waals surface area contributed by atoms with E-state index in [1.807, 2.05) is 0 Å². The number of benzene rings is 1. The van der Waals surface area contributed by atoms with Gasteiger partial charge in [-0.3, -0.25) is 14.4 Å². The molecule has 1 saturated heterocycles. The molecule has 1 atom stereocenters. The number of piperidine rings is 1. The first-order valence-electron chi connectivity index (χ1n) is 8.07. The fourth-order valence-corrected chi connectivity index (χ4v) is 3.37. The lowest BCUT2D eigenvalue weighted by molar-refractivity contribution is -0.143. The number of carboxylic acids is 1. The average Bonchev–Trinajstić information content (AvgIpc) is 3.05. The zero-order valence-corrected chi connectivity index (χ0v) is 13.3. The SMILES string of the molecule is O=C(O)[C@H]1CCCN(C(=O)c2cnn3c2[nH]c(=O)c2ccccc23)C1. The summed E-state index contributed by atoms with van der Waals surface area (Å²) in [6.07, 6.45) is 2.63. The number of carbonyl (C=O) groups is 2. The van der Waals surface area contributed by atoms with E-state index in [1.165, 1.54) is 15.6 Å². The van der Waals surface area contributed by atoms with E-state index in [2.05, 4.69) is 10.1 Å². The summed E-state index contributed by atoms with van der Waals surface area (Å²) >= 11 is 0. The fourth-order valence-electron chi connectivity index (χ4n) is 3.37. The number of aromatic nitrogens is 3. The normalized spacial score (nSPS) is 17.9. The highest BCUT2D eigenvalue weighted by Gasteiger charge is 2.30. The minimum absolute atomic E-state index is 0.170. The third kappa shape index (κ3) is 2.46. The zero-order chi connectivity index (χ0) is 17.6. The summed E-state index contributed by atoms with van der Waals surface area (Å²) in [5.41, 5.74) is 0.919. The van der Waals surface area contributed by atoms with Gasteiger partial charge in [0, 0.05) is 13.1 Å². The van der Waals surface area contributed by atoms with E-state index >= 15 is 0 Å². The summed E-state index contributed by atoms with van der Waals surface area (Å²) in [7, 11) is 0. The predicted octanol–water partition coefficient (Wildman–Crippen LogP) is 1.11. The van der Waals surface area contributed by atoms with Gasteiger partial charge in [0.1, 0.15) is 11.2 Å². The van der Waals surface area contributed by atoms with Crippen molar-refractivity contribution in [2.75, 3.05) is 13.1 Å². The maximum atomic E-state index is 12.8. The number of hydrogen-bond donors (Lipinski definition) is 2. The Morgan fingerprint density at radius 2 is 2.08 bits per heavy atom. The predicted molar refractivity (Wildman–Crippen MR) is 89.6 cm³/mol. The molecule has 1 amide bonds. The molecular formula is C17H16N4O4. The van der Waals surface area contributed by atoms with E-state index in [0.29, 0.717) is 35.9 Å². The van der Waals surface area contributed by atoms with Crippen LogP contribution in [0.15, 0.2) is 35.3 Å². The van der Waals surface area contributed by atoms with Gasteiger partial charge in [-0.1, -0.05) is 12.1 Å². The summed E-state index contributed by atoms with van der Waals surface area (Å²) in [5, 5.41) is 13.9. The van der Waals surface area contributed by atoms with Crippen molar-refractivity contribution in [1.29, 1.82) is 0 Å². The summed E-state index contributed by atoms with van der Waals surface area (Å²) in [6, 6.07) is 7.02. The van der Waals surface area contributed by atoms with E-state index in [4.69, 9.17) is 0 Å². The van der Waals surface area contributed by atoms with Crippen molar-refractivity contribution in [3.05, 3.63) is 46.4 Å². The Bertz CT molecular complexity index is 1050. The van der Waals surface area contributed by atoms with Crippen LogP contribution in [0.3, 0.4) is 0 Å². The van der Waals surface area contributed by atoms with Crippen LogP contribution in [0.25, 0.3) is 16.6 Å². The van der Waals surface area contributed by atoms with Gasteiger partial charge >= 0.3 is 5.97 Å². The summed E-state index contributed by atoms with van der Waals surface area (Å²) < 4.78 is 1.53. The quantitative estimate of drug-likeness (QED) is 0.727. The largest absolute Gasteiger partial charge is 0.481 e. The maximum Gasteiger partial charge on any atom is 0.308 e.